The molecule has 0 spiro atoms. The van der Waals surface area contributed by atoms with E-state index in [1.165, 1.54) is 17.3 Å². The summed E-state index contributed by atoms with van der Waals surface area (Å²) in [6.45, 7) is 9.89. The van der Waals surface area contributed by atoms with Crippen LogP contribution in [-0.4, -0.2) is 49.9 Å². The molecular formula is C24H33N5OS. The highest BCUT2D eigenvalue weighted by molar-refractivity contribution is 7.99. The molecule has 0 saturated heterocycles. The lowest BCUT2D eigenvalue weighted by Crippen LogP contribution is -2.23. The second-order valence-corrected chi connectivity index (χ2v) is 8.98. The molecule has 0 aliphatic carbocycles. The Labute approximate surface area is 189 Å². The standard InChI is InChI=1S/C24H33N5OS/c1-7-21(27(5)6)23-25-26-24(29(23)15-19-12-10-9-11-13-19)31-16-22(30)20-14-17(3)28(8-2)18(20)4/h9-14,21H,7-8,15-16H2,1-6H3. The molecule has 1 atom stereocenters. The molecule has 2 heterocycles. The first-order valence-corrected chi connectivity index (χ1v) is 11.8. The maximum Gasteiger partial charge on any atom is 0.192 e. The predicted molar refractivity (Wildman–Crippen MR) is 127 cm³/mol. The van der Waals surface area contributed by atoms with Gasteiger partial charge in [0.15, 0.2) is 16.8 Å². The van der Waals surface area contributed by atoms with E-state index in [0.717, 1.165) is 40.9 Å². The van der Waals surface area contributed by atoms with E-state index in [4.69, 9.17) is 0 Å². The number of ketones is 1. The van der Waals surface area contributed by atoms with Crippen LogP contribution in [0.2, 0.25) is 0 Å². The third kappa shape index (κ3) is 5.10. The lowest BCUT2D eigenvalue weighted by Gasteiger charge is -2.23. The molecule has 2 aromatic heterocycles. The van der Waals surface area contributed by atoms with Crippen LogP contribution in [0.3, 0.4) is 0 Å². The second kappa shape index (κ2) is 10.3. The number of hydrogen-bond donors (Lipinski definition) is 0. The van der Waals surface area contributed by atoms with Crippen molar-refractivity contribution >= 4 is 17.5 Å². The van der Waals surface area contributed by atoms with Crippen LogP contribution in [0, 0.1) is 13.8 Å². The molecular weight excluding hydrogens is 406 g/mol. The van der Waals surface area contributed by atoms with E-state index in [-0.39, 0.29) is 11.8 Å². The first kappa shape index (κ1) is 23.3. The molecule has 31 heavy (non-hydrogen) atoms. The zero-order chi connectivity index (χ0) is 22.5. The van der Waals surface area contributed by atoms with Crippen molar-refractivity contribution < 1.29 is 4.79 Å². The number of aromatic nitrogens is 4. The van der Waals surface area contributed by atoms with Crippen LogP contribution in [0.5, 0.6) is 0 Å². The van der Waals surface area contributed by atoms with Crippen LogP contribution in [0.25, 0.3) is 0 Å². The van der Waals surface area contributed by atoms with Gasteiger partial charge in [-0.1, -0.05) is 49.0 Å². The fourth-order valence-corrected chi connectivity index (χ4v) is 4.95. The molecule has 0 N–H and O–H groups in total. The van der Waals surface area contributed by atoms with Gasteiger partial charge in [0.1, 0.15) is 0 Å². The quantitative estimate of drug-likeness (QED) is 0.337. The Kier molecular flexibility index (Phi) is 7.73. The van der Waals surface area contributed by atoms with Crippen molar-refractivity contribution in [2.45, 2.75) is 58.4 Å². The number of carbonyl (C=O) groups is 1. The molecule has 0 saturated carbocycles. The Morgan fingerprint density at radius 1 is 1.10 bits per heavy atom. The summed E-state index contributed by atoms with van der Waals surface area (Å²) in [5.41, 5.74) is 4.16. The normalized spacial score (nSPS) is 12.5. The predicted octanol–water partition coefficient (Wildman–Crippen LogP) is 4.75. The largest absolute Gasteiger partial charge is 0.349 e. The van der Waals surface area contributed by atoms with Gasteiger partial charge >= 0.3 is 0 Å². The summed E-state index contributed by atoms with van der Waals surface area (Å²) < 4.78 is 4.34. The topological polar surface area (TPSA) is 56.0 Å². The molecule has 0 fully saturated rings. The minimum absolute atomic E-state index is 0.133. The van der Waals surface area contributed by atoms with Gasteiger partial charge in [-0.2, -0.15) is 0 Å². The van der Waals surface area contributed by atoms with Gasteiger partial charge in [0.05, 0.1) is 18.3 Å². The van der Waals surface area contributed by atoms with Gasteiger partial charge in [-0.25, -0.2) is 0 Å². The molecule has 7 heteroatoms. The molecule has 166 valence electrons. The zero-order valence-electron chi connectivity index (χ0n) is 19.4. The SMILES string of the molecule is CCC(c1nnc(SCC(=O)c2cc(C)n(CC)c2C)n1Cc1ccccc1)N(C)C. The van der Waals surface area contributed by atoms with E-state index in [1.54, 1.807) is 0 Å². The Morgan fingerprint density at radius 3 is 2.39 bits per heavy atom. The van der Waals surface area contributed by atoms with Gasteiger partial charge in [-0.05, 0) is 52.9 Å². The lowest BCUT2D eigenvalue weighted by atomic mass is 10.2. The van der Waals surface area contributed by atoms with Crippen molar-refractivity contribution in [1.82, 2.24) is 24.2 Å². The summed E-state index contributed by atoms with van der Waals surface area (Å²) in [6.07, 6.45) is 0.937. The van der Waals surface area contributed by atoms with Crippen LogP contribution >= 0.6 is 11.8 Å². The molecule has 0 bridgehead atoms. The maximum absolute atomic E-state index is 13.0. The summed E-state index contributed by atoms with van der Waals surface area (Å²) in [5.74, 6) is 1.42. The molecule has 6 nitrogen and oxygen atoms in total. The number of hydrogen-bond acceptors (Lipinski definition) is 5. The van der Waals surface area contributed by atoms with Gasteiger partial charge in [0.2, 0.25) is 0 Å². The van der Waals surface area contributed by atoms with Crippen molar-refractivity contribution in [3.8, 4) is 0 Å². The smallest absolute Gasteiger partial charge is 0.192 e. The molecule has 3 aromatic rings. The molecule has 0 radical (unpaired) electrons. The number of benzene rings is 1. The summed E-state index contributed by atoms with van der Waals surface area (Å²) in [4.78, 5) is 15.2. The van der Waals surface area contributed by atoms with Crippen LogP contribution in [-0.2, 0) is 13.1 Å². The molecule has 0 amide bonds. The summed E-state index contributed by atoms with van der Waals surface area (Å²) >= 11 is 1.47. The number of Topliss-reactive ketones (excluding diaryl/α,β-unsaturated/α-hetero) is 1. The molecule has 0 aliphatic rings. The fourth-order valence-electron chi connectivity index (χ4n) is 4.12. The van der Waals surface area contributed by atoms with Crippen molar-refractivity contribution in [2.75, 3.05) is 19.8 Å². The van der Waals surface area contributed by atoms with E-state index in [0.29, 0.717) is 12.3 Å². The lowest BCUT2D eigenvalue weighted by molar-refractivity contribution is 0.102. The van der Waals surface area contributed by atoms with Crippen LogP contribution in [0.1, 0.15) is 59.4 Å². The Morgan fingerprint density at radius 2 is 1.81 bits per heavy atom. The molecule has 1 unspecified atom stereocenters. The fraction of sp³-hybridized carbons (Fsp3) is 0.458. The average molecular weight is 440 g/mol. The van der Waals surface area contributed by atoms with Crippen LogP contribution in [0.15, 0.2) is 41.6 Å². The number of aryl methyl sites for hydroxylation is 1. The molecule has 0 aliphatic heterocycles. The minimum atomic E-state index is 0.133. The van der Waals surface area contributed by atoms with Crippen molar-refractivity contribution in [3.63, 3.8) is 0 Å². The highest BCUT2D eigenvalue weighted by Gasteiger charge is 2.23. The Hall–Kier alpha value is -2.38. The minimum Gasteiger partial charge on any atom is -0.349 e. The number of carbonyl (C=O) groups excluding carboxylic acids is 1. The van der Waals surface area contributed by atoms with Crippen molar-refractivity contribution in [3.05, 3.63) is 64.7 Å². The Bertz CT molecular complexity index is 1020. The molecule has 1 aromatic carbocycles. The number of nitrogens with zero attached hydrogens (tertiary/aromatic N) is 5. The highest BCUT2D eigenvalue weighted by atomic mass is 32.2. The van der Waals surface area contributed by atoms with E-state index in [2.05, 4.69) is 71.2 Å². The monoisotopic (exact) mass is 439 g/mol. The second-order valence-electron chi connectivity index (χ2n) is 8.04. The summed E-state index contributed by atoms with van der Waals surface area (Å²) in [7, 11) is 4.13. The van der Waals surface area contributed by atoms with Gasteiger partial charge in [-0.3, -0.25) is 9.69 Å². The zero-order valence-corrected chi connectivity index (χ0v) is 20.2. The Balaban J connectivity index is 1.86. The first-order chi connectivity index (χ1) is 14.9. The first-order valence-electron chi connectivity index (χ1n) is 10.8. The van der Waals surface area contributed by atoms with E-state index >= 15 is 0 Å². The molecule has 3 rings (SSSR count). The van der Waals surface area contributed by atoms with Crippen molar-refractivity contribution in [2.24, 2.45) is 0 Å². The van der Waals surface area contributed by atoms with Crippen LogP contribution < -0.4 is 0 Å². The number of rotatable bonds is 10. The van der Waals surface area contributed by atoms with Crippen LogP contribution in [0.4, 0.5) is 0 Å². The van der Waals surface area contributed by atoms with Crippen molar-refractivity contribution in [1.29, 1.82) is 0 Å². The maximum atomic E-state index is 13.0. The number of thioether (sulfide) groups is 1. The van der Waals surface area contributed by atoms with E-state index in [9.17, 15) is 4.79 Å². The summed E-state index contributed by atoms with van der Waals surface area (Å²) in [6, 6.07) is 12.5. The third-order valence-electron chi connectivity index (χ3n) is 5.76. The highest BCUT2D eigenvalue weighted by Crippen LogP contribution is 2.27. The van der Waals surface area contributed by atoms with E-state index < -0.39 is 0 Å². The van der Waals surface area contributed by atoms with Gasteiger partial charge in [0, 0.05) is 23.5 Å². The average Bonchev–Trinajstić information content (AvgIpc) is 3.27. The van der Waals surface area contributed by atoms with E-state index in [1.807, 2.05) is 31.2 Å². The van der Waals surface area contributed by atoms with Gasteiger partial charge in [-0.15, -0.1) is 10.2 Å². The third-order valence-corrected chi connectivity index (χ3v) is 6.73. The van der Waals surface area contributed by atoms with Gasteiger partial charge < -0.3 is 9.13 Å². The van der Waals surface area contributed by atoms with Gasteiger partial charge in [0.25, 0.3) is 0 Å². The summed E-state index contributed by atoms with van der Waals surface area (Å²) in [5, 5.41) is 9.81.